The third-order valence-corrected chi connectivity index (χ3v) is 31.8. The maximum atomic E-state index is 5.16. The summed E-state index contributed by atoms with van der Waals surface area (Å²) >= 11 is 0. The van der Waals surface area contributed by atoms with Crippen LogP contribution in [-0.4, -0.2) is 520 Å². The summed E-state index contributed by atoms with van der Waals surface area (Å²) in [6.45, 7) is 113. The summed E-state index contributed by atoms with van der Waals surface area (Å²) in [5.74, 6) is 0. The van der Waals surface area contributed by atoms with Gasteiger partial charge in [0.25, 0.3) is 0 Å². The second-order valence-electron chi connectivity index (χ2n) is 45.0. The number of fused-ring (bicyclic) bond motifs is 2. The van der Waals surface area contributed by atoms with E-state index in [2.05, 4.69) is 339 Å². The van der Waals surface area contributed by atoms with Crippen molar-refractivity contribution in [3.8, 4) is 0 Å². The average Bonchev–Trinajstić information content (AvgIpc) is 1.63. The number of piperazine rings is 7. The van der Waals surface area contributed by atoms with Crippen LogP contribution < -0.4 is 0 Å². The number of ether oxygens (including phenoxy) is 1. The standard InChI is InChI=1S/C14H29N3.C12H25N3.C12H26N2O.C11H23N3.C11H24N2.2C10H22N2.C9H18N2.C8H17N.C7H15N/c1-12(2)15-7-9-16(10-8-15)14-5-6-17(11-14)13(3)4;1-11(2)15-5-4-12(10-15)14-8-6-13(3)7-9-14;1-10(2)13-8-11(3)14(6-7-15-5)12(4)9-13;1-10(2)14-8-11(9-14)13-6-4-12(3)5-7-13;1-9(2)12-6-7-13(10(3)4)11(5)8-12;1-9(2)12-7-5-10(6-8-12)11(3)4;1-5-11-6-7-12(9(2)3)8-10(11)4;1-7(2)11-6-8-4-9(11)5-10(8)3;1-8(2)9-6-4-3-5-7-9;1-7(2)8-5-3-4-6-8/h12-14H,5-11H2,1-4H3;11-12H,4-10H2,1-3H3;10-12H,6-9H2,1-5H3;10-11H,4-9H2,1-3H3;9-11H,6-8H2,1-5H3;2*9-10H,5-8H2,1-4H3;7-9H,4-6H2,1-3H3;8H,3-7H2,1-2H3;7H,3-6H2,1-2H3. The molecule has 0 amide bonds. The average molecular weight is 1780 g/mol. The van der Waals surface area contributed by atoms with E-state index < -0.39 is 0 Å². The number of likely N-dealkylation sites (tertiary alicyclic amines) is 8. The molecule has 8 atom stereocenters. The predicted molar refractivity (Wildman–Crippen MR) is 549 cm³/mol. The minimum absolute atomic E-state index is 0.645. The first kappa shape index (κ1) is 116. The van der Waals surface area contributed by atoms with Crippen LogP contribution in [0, 0.1) is 0 Å². The highest BCUT2D eigenvalue weighted by Gasteiger charge is 2.43. The van der Waals surface area contributed by atoms with Crippen LogP contribution in [0.4, 0.5) is 0 Å². The maximum Gasteiger partial charge on any atom is 0.0589 e. The van der Waals surface area contributed by atoms with Gasteiger partial charge in [-0.15, -0.1) is 0 Å². The molecule has 8 unspecified atom stereocenters. The molecular formula is C104H221N21O. The van der Waals surface area contributed by atoms with Gasteiger partial charge in [0.05, 0.1) is 6.61 Å². The van der Waals surface area contributed by atoms with Crippen molar-refractivity contribution in [1.82, 2.24) is 103 Å². The number of piperidine rings is 2. The SMILES string of the molecule is CC(C)N1CC(N2CCN(C)CC2)C1.CC(C)N1CC2CC1CN2C.CC(C)N1CCC(N(C)C)CC1.CC(C)N1CCC(N2CCN(C)CC2)C1.CC(C)N1CCCC1.CC(C)N1CCCCC1.CC(C)N1CCN(C(C)C)C(C)C1.CC(C)N1CCN(C2CCN(C(C)C)C2)CC1.CCN1CCN(C(C)C)CC1C.COCCN1C(C)CN(C(C)C)CC1C. The van der Waals surface area contributed by atoms with Gasteiger partial charge < -0.3 is 39.0 Å². The summed E-state index contributed by atoms with van der Waals surface area (Å²) in [7, 11) is 12.9. The van der Waals surface area contributed by atoms with Gasteiger partial charge in [-0.3, -0.25) is 68.6 Å². The van der Waals surface area contributed by atoms with Crippen molar-refractivity contribution in [2.75, 3.05) is 285 Å². The van der Waals surface area contributed by atoms with Crippen LogP contribution in [0.3, 0.4) is 0 Å². The zero-order valence-corrected chi connectivity index (χ0v) is 90.7. The molecule has 14 aliphatic heterocycles. The van der Waals surface area contributed by atoms with Gasteiger partial charge in [0.15, 0.2) is 0 Å². The van der Waals surface area contributed by atoms with Gasteiger partial charge in [0, 0.05) is 330 Å². The van der Waals surface area contributed by atoms with Crippen LogP contribution in [0.25, 0.3) is 0 Å². The summed E-state index contributed by atoms with van der Waals surface area (Å²) in [5, 5.41) is 0. The Labute approximate surface area is 785 Å². The second kappa shape index (κ2) is 60.7. The van der Waals surface area contributed by atoms with E-state index in [1.165, 1.54) is 293 Å². The molecule has 0 aromatic heterocycles. The Hall–Kier alpha value is -0.880. The molecule has 22 nitrogen and oxygen atoms in total. The molecule has 748 valence electrons. The number of likely N-dealkylation sites (N-methyl/N-ethyl adjacent to an activating group) is 4. The van der Waals surface area contributed by atoms with E-state index in [-0.39, 0.29) is 0 Å². The predicted octanol–water partition coefficient (Wildman–Crippen LogP) is 12.8. The zero-order valence-electron chi connectivity index (χ0n) is 90.7. The lowest BCUT2D eigenvalue weighted by Gasteiger charge is -2.49. The van der Waals surface area contributed by atoms with E-state index in [0.717, 1.165) is 104 Å². The van der Waals surface area contributed by atoms with Crippen LogP contribution in [0.1, 0.15) is 265 Å². The number of methoxy groups -OCH3 is 1. The molecular weight excluding hydrogens is 1560 g/mol. The van der Waals surface area contributed by atoms with Crippen LogP contribution in [0.2, 0.25) is 0 Å². The van der Waals surface area contributed by atoms with Crippen molar-refractivity contribution in [2.45, 2.75) is 398 Å². The van der Waals surface area contributed by atoms with E-state index in [0.29, 0.717) is 42.3 Å². The molecule has 22 heteroatoms. The van der Waals surface area contributed by atoms with Crippen molar-refractivity contribution in [3.05, 3.63) is 0 Å². The Morgan fingerprint density at radius 3 is 0.937 bits per heavy atom. The number of nitrogens with zero attached hydrogens (tertiary/aromatic N) is 21. The third kappa shape index (κ3) is 40.8. The highest BCUT2D eigenvalue weighted by atomic mass is 16.5. The van der Waals surface area contributed by atoms with E-state index in [1.54, 1.807) is 7.11 Å². The summed E-state index contributed by atoms with van der Waals surface area (Å²) in [6, 6.07) is 16.5. The molecule has 2 bridgehead atoms. The van der Waals surface area contributed by atoms with Gasteiger partial charge >= 0.3 is 0 Å². The molecule has 0 aromatic carbocycles. The van der Waals surface area contributed by atoms with Gasteiger partial charge in [-0.1, -0.05) is 13.3 Å². The molecule has 14 aliphatic rings. The smallest absolute Gasteiger partial charge is 0.0589 e. The highest BCUT2D eigenvalue weighted by molar-refractivity contribution is 5.00. The topological polar surface area (TPSA) is 77.3 Å². The Morgan fingerprint density at radius 1 is 0.278 bits per heavy atom. The fraction of sp³-hybridized carbons (Fsp3) is 1.00. The molecule has 14 fully saturated rings. The zero-order chi connectivity index (χ0) is 93.8. The molecule has 14 saturated heterocycles. The van der Waals surface area contributed by atoms with Crippen molar-refractivity contribution in [1.29, 1.82) is 0 Å². The van der Waals surface area contributed by atoms with Crippen LogP contribution in [0.15, 0.2) is 0 Å². The lowest BCUT2D eigenvalue weighted by Crippen LogP contribution is -2.64. The number of hydrogen-bond donors (Lipinski definition) is 0. The monoisotopic (exact) mass is 1780 g/mol. The van der Waals surface area contributed by atoms with E-state index in [9.17, 15) is 0 Å². The van der Waals surface area contributed by atoms with Crippen molar-refractivity contribution >= 4 is 0 Å². The summed E-state index contributed by atoms with van der Waals surface area (Å²) < 4.78 is 5.16. The number of hydrogen-bond acceptors (Lipinski definition) is 22. The Balaban J connectivity index is 0.000000250. The van der Waals surface area contributed by atoms with Gasteiger partial charge in [-0.05, 0) is 333 Å². The Kier molecular flexibility index (Phi) is 55.7. The fourth-order valence-corrected chi connectivity index (χ4v) is 22.0. The van der Waals surface area contributed by atoms with Crippen LogP contribution >= 0.6 is 0 Å². The fourth-order valence-electron chi connectivity index (χ4n) is 22.0. The van der Waals surface area contributed by atoms with Gasteiger partial charge in [0.2, 0.25) is 0 Å². The summed E-state index contributed by atoms with van der Waals surface area (Å²) in [4.78, 5) is 53.9. The number of rotatable bonds is 20. The molecule has 0 aromatic rings. The quantitative estimate of drug-likeness (QED) is 0.116. The Bertz CT molecular complexity index is 2620. The molecule has 126 heavy (non-hydrogen) atoms. The Morgan fingerprint density at radius 2 is 0.603 bits per heavy atom. The molecule has 14 rings (SSSR count). The second-order valence-corrected chi connectivity index (χ2v) is 45.0. The van der Waals surface area contributed by atoms with E-state index >= 15 is 0 Å². The summed E-state index contributed by atoms with van der Waals surface area (Å²) in [5.41, 5.74) is 0. The first-order chi connectivity index (χ1) is 59.5. The molecule has 0 aliphatic carbocycles. The van der Waals surface area contributed by atoms with E-state index in [1.807, 2.05) is 0 Å². The molecule has 14 heterocycles. The largest absolute Gasteiger partial charge is 0.383 e. The third-order valence-electron chi connectivity index (χ3n) is 31.8. The lowest BCUT2D eigenvalue weighted by atomic mass is 10.0. The maximum absolute atomic E-state index is 5.16. The first-order valence-electron chi connectivity index (χ1n) is 53.4. The minimum Gasteiger partial charge on any atom is -0.383 e. The minimum atomic E-state index is 0.645. The van der Waals surface area contributed by atoms with Gasteiger partial charge in [-0.2, -0.15) is 0 Å². The van der Waals surface area contributed by atoms with Crippen LogP contribution in [0.5, 0.6) is 0 Å². The van der Waals surface area contributed by atoms with Crippen molar-refractivity contribution in [2.24, 2.45) is 0 Å². The van der Waals surface area contributed by atoms with Crippen molar-refractivity contribution < 1.29 is 4.74 Å². The molecule has 0 N–H and O–H groups in total. The lowest BCUT2D eigenvalue weighted by molar-refractivity contribution is -0.00575. The highest BCUT2D eigenvalue weighted by Crippen LogP contribution is 2.31. The van der Waals surface area contributed by atoms with Crippen molar-refractivity contribution in [3.63, 3.8) is 0 Å². The molecule has 0 saturated carbocycles. The molecule has 0 radical (unpaired) electrons. The normalized spacial score (nSPS) is 28.7. The van der Waals surface area contributed by atoms with Gasteiger partial charge in [-0.25, -0.2) is 0 Å². The summed E-state index contributed by atoms with van der Waals surface area (Å²) in [6.07, 6.45) is 13.9. The first-order valence-corrected chi connectivity index (χ1v) is 53.4. The molecule has 0 spiro atoms. The van der Waals surface area contributed by atoms with Gasteiger partial charge in [0.1, 0.15) is 0 Å². The van der Waals surface area contributed by atoms with E-state index in [4.69, 9.17) is 4.74 Å². The van der Waals surface area contributed by atoms with Crippen LogP contribution in [-0.2, 0) is 4.74 Å².